The van der Waals surface area contributed by atoms with Crippen LogP contribution in [0.4, 0.5) is 0 Å². The van der Waals surface area contributed by atoms with Crippen molar-refractivity contribution in [3.63, 3.8) is 0 Å². The van der Waals surface area contributed by atoms with E-state index < -0.39 is 16.1 Å². The van der Waals surface area contributed by atoms with Gasteiger partial charge in [0.25, 0.3) is 0 Å². The first-order chi connectivity index (χ1) is 12.9. The third kappa shape index (κ3) is 5.67. The van der Waals surface area contributed by atoms with Gasteiger partial charge in [-0.3, -0.25) is 0 Å². The lowest BCUT2D eigenvalue weighted by atomic mass is 10.1. The summed E-state index contributed by atoms with van der Waals surface area (Å²) in [6.07, 6.45) is -0.538. The molecule has 0 saturated carbocycles. The summed E-state index contributed by atoms with van der Waals surface area (Å²) in [7, 11) is -1.01. The standard InChI is InChI=1S/C19H25NO6S/c1-14-4-6-15(7-5-14)18(26-11-10-21)13-20-27(22,23)19-12-16(24-2)8-9-17(19)25-3/h4-9,12,18,20-21H,10-11,13H2,1-3H3/t18-/m0/s1. The molecule has 0 radical (unpaired) electrons. The number of nitrogens with one attached hydrogen (secondary N) is 1. The molecule has 0 fully saturated rings. The second kappa shape index (κ2) is 9.70. The third-order valence-corrected chi connectivity index (χ3v) is 5.42. The number of sulfonamides is 1. The van der Waals surface area contributed by atoms with E-state index in [1.165, 1.54) is 26.4 Å². The van der Waals surface area contributed by atoms with Crippen LogP contribution in [0.2, 0.25) is 0 Å². The topological polar surface area (TPSA) is 94.1 Å². The van der Waals surface area contributed by atoms with Gasteiger partial charge in [-0.15, -0.1) is 0 Å². The number of benzene rings is 2. The highest BCUT2D eigenvalue weighted by Gasteiger charge is 2.23. The zero-order valence-corrected chi connectivity index (χ0v) is 16.5. The van der Waals surface area contributed by atoms with Crippen LogP contribution in [0.15, 0.2) is 47.4 Å². The Balaban J connectivity index is 2.23. The molecule has 0 aromatic heterocycles. The molecule has 0 heterocycles. The van der Waals surface area contributed by atoms with Crippen molar-refractivity contribution in [1.82, 2.24) is 4.72 Å². The molecule has 0 bridgehead atoms. The molecule has 2 aromatic rings. The van der Waals surface area contributed by atoms with Gasteiger partial charge < -0.3 is 19.3 Å². The van der Waals surface area contributed by atoms with E-state index in [2.05, 4.69) is 4.72 Å². The predicted octanol–water partition coefficient (Wildman–Crippen LogP) is 2.04. The predicted molar refractivity (Wildman–Crippen MR) is 102 cm³/mol. The summed E-state index contributed by atoms with van der Waals surface area (Å²) in [6, 6.07) is 12.1. The number of ether oxygens (including phenoxy) is 3. The lowest BCUT2D eigenvalue weighted by Crippen LogP contribution is -2.30. The maximum atomic E-state index is 12.8. The monoisotopic (exact) mass is 395 g/mol. The minimum absolute atomic E-state index is 0.00571. The maximum Gasteiger partial charge on any atom is 0.244 e. The number of methoxy groups -OCH3 is 2. The molecule has 27 heavy (non-hydrogen) atoms. The van der Waals surface area contributed by atoms with Crippen LogP contribution in [-0.2, 0) is 14.8 Å². The van der Waals surface area contributed by atoms with Gasteiger partial charge >= 0.3 is 0 Å². The Morgan fingerprint density at radius 3 is 2.37 bits per heavy atom. The number of aryl methyl sites for hydroxylation is 1. The minimum Gasteiger partial charge on any atom is -0.497 e. The Kier molecular flexibility index (Phi) is 7.61. The number of rotatable bonds is 10. The van der Waals surface area contributed by atoms with E-state index in [0.717, 1.165) is 11.1 Å². The van der Waals surface area contributed by atoms with Gasteiger partial charge in [0, 0.05) is 12.6 Å². The number of hydrogen-bond donors (Lipinski definition) is 2. The zero-order chi connectivity index (χ0) is 19.9. The number of aliphatic hydroxyl groups excluding tert-OH is 1. The first-order valence-corrected chi connectivity index (χ1v) is 9.90. The highest BCUT2D eigenvalue weighted by molar-refractivity contribution is 7.89. The fourth-order valence-electron chi connectivity index (χ4n) is 2.51. The van der Waals surface area contributed by atoms with Crippen molar-refractivity contribution in [2.24, 2.45) is 0 Å². The first kappa shape index (κ1) is 21.2. The lowest BCUT2D eigenvalue weighted by Gasteiger charge is -2.19. The molecule has 2 N–H and O–H groups in total. The van der Waals surface area contributed by atoms with Crippen LogP contribution < -0.4 is 14.2 Å². The Morgan fingerprint density at radius 2 is 1.78 bits per heavy atom. The largest absolute Gasteiger partial charge is 0.497 e. The summed E-state index contributed by atoms with van der Waals surface area (Å²) in [5, 5.41) is 9.04. The smallest absolute Gasteiger partial charge is 0.244 e. The van der Waals surface area contributed by atoms with Gasteiger partial charge in [-0.1, -0.05) is 29.8 Å². The summed E-state index contributed by atoms with van der Waals surface area (Å²) < 4.78 is 44.0. The lowest BCUT2D eigenvalue weighted by molar-refractivity contribution is 0.0309. The summed E-state index contributed by atoms with van der Waals surface area (Å²) in [4.78, 5) is -0.0193. The van der Waals surface area contributed by atoms with E-state index in [1.807, 2.05) is 31.2 Å². The number of hydrogen-bond acceptors (Lipinski definition) is 6. The average Bonchev–Trinajstić information content (AvgIpc) is 2.68. The normalized spacial score (nSPS) is 12.6. The molecule has 1 atom stereocenters. The summed E-state index contributed by atoms with van der Waals surface area (Å²) in [5.74, 6) is 0.620. The molecule has 0 amide bonds. The Labute approximate surface area is 159 Å². The van der Waals surface area contributed by atoms with Crippen molar-refractivity contribution < 1.29 is 27.7 Å². The Hall–Kier alpha value is -2.13. The SMILES string of the molecule is COc1ccc(OC)c(S(=O)(=O)NC[C@H](OCCO)c2ccc(C)cc2)c1. The highest BCUT2D eigenvalue weighted by Crippen LogP contribution is 2.28. The second-order valence-corrected chi connectivity index (χ2v) is 7.60. The van der Waals surface area contributed by atoms with Crippen molar-refractivity contribution in [3.05, 3.63) is 53.6 Å². The van der Waals surface area contributed by atoms with Gasteiger partial charge in [-0.2, -0.15) is 0 Å². The van der Waals surface area contributed by atoms with Crippen LogP contribution >= 0.6 is 0 Å². The highest BCUT2D eigenvalue weighted by atomic mass is 32.2. The first-order valence-electron chi connectivity index (χ1n) is 8.42. The minimum atomic E-state index is -3.87. The third-order valence-electron chi connectivity index (χ3n) is 3.98. The van der Waals surface area contributed by atoms with E-state index >= 15 is 0 Å². The van der Waals surface area contributed by atoms with Crippen LogP contribution in [0.3, 0.4) is 0 Å². The quantitative estimate of drug-likeness (QED) is 0.639. The van der Waals surface area contributed by atoms with Crippen molar-refractivity contribution in [3.8, 4) is 11.5 Å². The fourth-order valence-corrected chi connectivity index (χ4v) is 3.72. The van der Waals surface area contributed by atoms with E-state index in [0.29, 0.717) is 5.75 Å². The van der Waals surface area contributed by atoms with Crippen molar-refractivity contribution in [1.29, 1.82) is 0 Å². The fraction of sp³-hybridized carbons (Fsp3) is 0.368. The van der Waals surface area contributed by atoms with Gasteiger partial charge in [-0.05, 0) is 24.6 Å². The molecule has 0 spiro atoms. The van der Waals surface area contributed by atoms with Crippen molar-refractivity contribution >= 4 is 10.0 Å². The van der Waals surface area contributed by atoms with Gasteiger partial charge in [-0.25, -0.2) is 13.1 Å². The van der Waals surface area contributed by atoms with Gasteiger partial charge in [0.1, 0.15) is 16.4 Å². The van der Waals surface area contributed by atoms with Crippen LogP contribution in [0.1, 0.15) is 17.2 Å². The van der Waals surface area contributed by atoms with Crippen LogP contribution in [0.25, 0.3) is 0 Å². The van der Waals surface area contributed by atoms with Crippen LogP contribution in [0, 0.1) is 6.92 Å². The molecular formula is C19H25NO6S. The molecule has 148 valence electrons. The molecule has 0 saturated heterocycles. The van der Waals surface area contributed by atoms with Crippen molar-refractivity contribution in [2.75, 3.05) is 34.0 Å². The summed E-state index contributed by atoms with van der Waals surface area (Å²) >= 11 is 0. The Morgan fingerprint density at radius 1 is 1.07 bits per heavy atom. The molecule has 2 rings (SSSR count). The van der Waals surface area contributed by atoms with Crippen LogP contribution in [0.5, 0.6) is 11.5 Å². The molecule has 7 nitrogen and oxygen atoms in total. The van der Waals surface area contributed by atoms with Crippen LogP contribution in [-0.4, -0.2) is 47.5 Å². The molecule has 0 aliphatic heterocycles. The van der Waals surface area contributed by atoms with Gasteiger partial charge in [0.05, 0.1) is 33.5 Å². The zero-order valence-electron chi connectivity index (χ0n) is 15.6. The van der Waals surface area contributed by atoms with Crippen molar-refractivity contribution in [2.45, 2.75) is 17.9 Å². The molecule has 0 aliphatic rings. The average molecular weight is 395 g/mol. The molecule has 0 aliphatic carbocycles. The molecular weight excluding hydrogens is 370 g/mol. The number of aliphatic hydroxyl groups is 1. The molecule has 2 aromatic carbocycles. The van der Waals surface area contributed by atoms with E-state index in [-0.39, 0.29) is 30.4 Å². The second-order valence-electron chi connectivity index (χ2n) is 5.86. The van der Waals surface area contributed by atoms with E-state index in [1.54, 1.807) is 6.07 Å². The summed E-state index contributed by atoms with van der Waals surface area (Å²) in [5.41, 5.74) is 1.90. The van der Waals surface area contributed by atoms with E-state index in [4.69, 9.17) is 19.3 Å². The Bertz CT molecular complexity index is 836. The molecule has 8 heteroatoms. The van der Waals surface area contributed by atoms with Gasteiger partial charge in [0.15, 0.2) is 0 Å². The summed E-state index contributed by atoms with van der Waals surface area (Å²) in [6.45, 7) is 1.92. The molecule has 0 unspecified atom stereocenters. The maximum absolute atomic E-state index is 12.8. The van der Waals surface area contributed by atoms with Gasteiger partial charge in [0.2, 0.25) is 10.0 Å². The van der Waals surface area contributed by atoms with E-state index in [9.17, 15) is 8.42 Å².